The number of hydrogen-bond donors (Lipinski definition) is 1. The van der Waals surface area contributed by atoms with Crippen LogP contribution >= 0.6 is 11.8 Å². The maximum Gasteiger partial charge on any atom is 0.239 e. The minimum atomic E-state index is -0.130. The van der Waals surface area contributed by atoms with E-state index in [1.807, 2.05) is 24.3 Å². The van der Waals surface area contributed by atoms with E-state index in [1.54, 1.807) is 7.11 Å². The average molecular weight is 326 g/mol. The molecule has 0 aliphatic carbocycles. The van der Waals surface area contributed by atoms with Crippen LogP contribution in [0.25, 0.3) is 0 Å². The summed E-state index contributed by atoms with van der Waals surface area (Å²) in [6.45, 7) is 2.06. The van der Waals surface area contributed by atoms with E-state index >= 15 is 0 Å². The highest BCUT2D eigenvalue weighted by Gasteiger charge is 2.30. The van der Waals surface area contributed by atoms with Crippen molar-refractivity contribution in [3.63, 3.8) is 0 Å². The van der Waals surface area contributed by atoms with E-state index in [0.717, 1.165) is 17.0 Å². The Labute approximate surface area is 140 Å². The number of methoxy groups -OCH3 is 1. The van der Waals surface area contributed by atoms with Gasteiger partial charge >= 0.3 is 0 Å². The van der Waals surface area contributed by atoms with E-state index in [2.05, 4.69) is 41.5 Å². The summed E-state index contributed by atoms with van der Waals surface area (Å²) in [4.78, 5) is 16.6. The van der Waals surface area contributed by atoms with Gasteiger partial charge < -0.3 is 10.1 Å². The van der Waals surface area contributed by atoms with Crippen molar-refractivity contribution in [3.8, 4) is 5.75 Å². The first-order valence-electron chi connectivity index (χ1n) is 7.40. The Hall–Kier alpha value is -2.27. The number of thioether (sulfide) groups is 1. The molecule has 23 heavy (non-hydrogen) atoms. The molecule has 1 N–H and O–H groups in total. The number of nitrogens with zero attached hydrogens (tertiary/aromatic N) is 1. The van der Waals surface area contributed by atoms with Crippen molar-refractivity contribution in [2.45, 2.75) is 18.6 Å². The molecule has 1 fully saturated rings. The number of aryl methyl sites for hydroxylation is 1. The molecule has 0 aromatic heterocycles. The molecule has 0 bridgehead atoms. The van der Waals surface area contributed by atoms with Crippen LogP contribution in [0.1, 0.15) is 11.1 Å². The molecule has 118 valence electrons. The minimum absolute atomic E-state index is 0.0165. The Morgan fingerprint density at radius 3 is 2.48 bits per heavy atom. The van der Waals surface area contributed by atoms with Gasteiger partial charge in [-0.15, -0.1) is 0 Å². The van der Waals surface area contributed by atoms with Crippen LogP contribution in [-0.2, 0) is 11.2 Å². The lowest BCUT2D eigenvalue weighted by atomic mass is 10.1. The lowest BCUT2D eigenvalue weighted by molar-refractivity contribution is -0.118. The van der Waals surface area contributed by atoms with Crippen LogP contribution < -0.4 is 10.1 Å². The van der Waals surface area contributed by atoms with Crippen molar-refractivity contribution in [1.29, 1.82) is 0 Å². The maximum absolute atomic E-state index is 12.1. The van der Waals surface area contributed by atoms with Crippen molar-refractivity contribution < 1.29 is 9.53 Å². The van der Waals surface area contributed by atoms with Crippen LogP contribution in [0, 0.1) is 6.92 Å². The second kappa shape index (κ2) is 6.87. The molecule has 0 saturated carbocycles. The average Bonchev–Trinajstić information content (AvgIpc) is 2.90. The van der Waals surface area contributed by atoms with Gasteiger partial charge in [-0.1, -0.05) is 41.6 Å². The molecular weight excluding hydrogens is 308 g/mol. The molecule has 1 aliphatic heterocycles. The molecule has 2 aromatic carbocycles. The van der Waals surface area contributed by atoms with E-state index in [0.29, 0.717) is 11.6 Å². The van der Waals surface area contributed by atoms with Crippen molar-refractivity contribution in [2.24, 2.45) is 4.99 Å². The van der Waals surface area contributed by atoms with E-state index in [9.17, 15) is 4.79 Å². The number of carbonyl (C=O) groups is 1. The van der Waals surface area contributed by atoms with Gasteiger partial charge in [0.2, 0.25) is 5.91 Å². The number of ether oxygens (including phenoxy) is 1. The van der Waals surface area contributed by atoms with E-state index in [-0.39, 0.29) is 11.2 Å². The molecule has 0 radical (unpaired) electrons. The Kier molecular flexibility index (Phi) is 4.67. The highest BCUT2D eigenvalue weighted by atomic mass is 32.2. The largest absolute Gasteiger partial charge is 0.497 e. The zero-order chi connectivity index (χ0) is 16.2. The molecule has 1 amide bonds. The third-order valence-electron chi connectivity index (χ3n) is 3.62. The minimum Gasteiger partial charge on any atom is -0.497 e. The van der Waals surface area contributed by atoms with Gasteiger partial charge in [0.1, 0.15) is 5.75 Å². The number of hydrogen-bond acceptors (Lipinski definition) is 4. The summed E-state index contributed by atoms with van der Waals surface area (Å²) in [7, 11) is 1.63. The number of benzene rings is 2. The third kappa shape index (κ3) is 3.93. The summed E-state index contributed by atoms with van der Waals surface area (Å²) in [5, 5.41) is 3.38. The molecule has 5 heteroatoms. The predicted octanol–water partition coefficient (Wildman–Crippen LogP) is 3.47. The molecule has 2 aromatic rings. The molecule has 1 aliphatic rings. The number of carbonyl (C=O) groups excluding carboxylic acids is 1. The normalized spacial score (nSPS) is 19.0. The lowest BCUT2D eigenvalue weighted by Crippen LogP contribution is -2.25. The number of nitrogens with one attached hydrogen (secondary N) is 1. The zero-order valence-electron chi connectivity index (χ0n) is 13.1. The molecule has 0 spiro atoms. The number of rotatable bonds is 4. The Morgan fingerprint density at radius 1 is 1.13 bits per heavy atom. The van der Waals surface area contributed by atoms with Crippen LogP contribution in [0.3, 0.4) is 0 Å². The highest BCUT2D eigenvalue weighted by Crippen LogP contribution is 2.26. The fourth-order valence-corrected chi connectivity index (χ4v) is 3.33. The van der Waals surface area contributed by atoms with Gasteiger partial charge in [-0.25, -0.2) is 4.99 Å². The summed E-state index contributed by atoms with van der Waals surface area (Å²) in [6, 6.07) is 15.7. The smallest absolute Gasteiger partial charge is 0.239 e. The number of aliphatic imine (C=N–C) groups is 1. The summed E-state index contributed by atoms with van der Waals surface area (Å²) in [6.07, 6.45) is 0.707. The van der Waals surface area contributed by atoms with Gasteiger partial charge in [0.15, 0.2) is 5.17 Å². The topological polar surface area (TPSA) is 50.7 Å². The van der Waals surface area contributed by atoms with Gasteiger partial charge in [-0.05, 0) is 43.2 Å². The van der Waals surface area contributed by atoms with Crippen LogP contribution in [-0.4, -0.2) is 23.4 Å². The standard InChI is InChI=1S/C18H18N2O2S/c1-12-3-5-13(6-4-12)11-16-17(21)20-18(23-16)19-14-7-9-15(22-2)10-8-14/h3-10,16H,11H2,1-2H3,(H,19,20,21)/t16-/m1/s1. The first-order valence-corrected chi connectivity index (χ1v) is 8.28. The molecule has 0 unspecified atom stereocenters. The summed E-state index contributed by atoms with van der Waals surface area (Å²) >= 11 is 1.48. The molecule has 4 nitrogen and oxygen atoms in total. The summed E-state index contributed by atoms with van der Waals surface area (Å²) in [5.41, 5.74) is 3.18. The van der Waals surface area contributed by atoms with Crippen molar-refractivity contribution in [3.05, 3.63) is 59.7 Å². The molecule has 1 saturated heterocycles. The van der Waals surface area contributed by atoms with E-state index in [4.69, 9.17) is 4.74 Å². The molecule has 1 atom stereocenters. The second-order valence-corrected chi connectivity index (χ2v) is 6.59. The van der Waals surface area contributed by atoms with Crippen LogP contribution in [0.15, 0.2) is 53.5 Å². The van der Waals surface area contributed by atoms with E-state index in [1.165, 1.54) is 17.3 Å². The first kappa shape index (κ1) is 15.6. The first-order chi connectivity index (χ1) is 11.1. The SMILES string of the molecule is COc1ccc(N=C2NC(=O)[C@@H](Cc3ccc(C)cc3)S2)cc1. The van der Waals surface area contributed by atoms with E-state index < -0.39 is 0 Å². The molecule has 3 rings (SSSR count). The lowest BCUT2D eigenvalue weighted by Gasteiger charge is -2.05. The second-order valence-electron chi connectivity index (χ2n) is 5.40. The third-order valence-corrected chi connectivity index (χ3v) is 4.70. The molecule has 1 heterocycles. The van der Waals surface area contributed by atoms with Gasteiger partial charge in [-0.2, -0.15) is 0 Å². The quantitative estimate of drug-likeness (QED) is 0.936. The Morgan fingerprint density at radius 2 is 1.83 bits per heavy atom. The fourth-order valence-electron chi connectivity index (χ4n) is 2.30. The number of amidine groups is 1. The molecular formula is C18H18N2O2S. The van der Waals surface area contributed by atoms with Crippen LogP contribution in [0.4, 0.5) is 5.69 Å². The zero-order valence-corrected chi connectivity index (χ0v) is 13.9. The maximum atomic E-state index is 12.1. The summed E-state index contributed by atoms with van der Waals surface area (Å²) in [5.74, 6) is 0.803. The predicted molar refractivity (Wildman–Crippen MR) is 94.5 cm³/mol. The van der Waals surface area contributed by atoms with Gasteiger partial charge in [0.05, 0.1) is 18.0 Å². The number of amides is 1. The highest BCUT2D eigenvalue weighted by molar-refractivity contribution is 8.15. The van der Waals surface area contributed by atoms with Gasteiger partial charge in [0, 0.05) is 0 Å². The van der Waals surface area contributed by atoms with Crippen molar-refractivity contribution in [2.75, 3.05) is 7.11 Å². The van der Waals surface area contributed by atoms with Crippen molar-refractivity contribution >= 4 is 28.5 Å². The van der Waals surface area contributed by atoms with Gasteiger partial charge in [-0.3, -0.25) is 4.79 Å². The fraction of sp³-hybridized carbons (Fsp3) is 0.222. The Bertz CT molecular complexity index is 724. The van der Waals surface area contributed by atoms with Crippen molar-refractivity contribution in [1.82, 2.24) is 5.32 Å². The van der Waals surface area contributed by atoms with Gasteiger partial charge in [0.25, 0.3) is 0 Å². The summed E-state index contributed by atoms with van der Waals surface area (Å²) < 4.78 is 5.12. The monoisotopic (exact) mass is 326 g/mol. The Balaban J connectivity index is 1.68. The van der Waals surface area contributed by atoms with Crippen LogP contribution in [0.2, 0.25) is 0 Å². The van der Waals surface area contributed by atoms with Crippen LogP contribution in [0.5, 0.6) is 5.75 Å².